The highest BCUT2D eigenvalue weighted by Crippen LogP contribution is 2.28. The van der Waals surface area contributed by atoms with Crippen LogP contribution in [0.5, 0.6) is 0 Å². The van der Waals surface area contributed by atoms with E-state index >= 15 is 0 Å². The molecule has 3 N–H and O–H groups in total. The van der Waals surface area contributed by atoms with Crippen molar-refractivity contribution in [2.45, 2.75) is 26.7 Å². The number of allylic oxidation sites excluding steroid dienone is 2. The summed E-state index contributed by atoms with van der Waals surface area (Å²) in [5.74, 6) is 0. The van der Waals surface area contributed by atoms with Crippen molar-refractivity contribution in [2.75, 3.05) is 0 Å². The van der Waals surface area contributed by atoms with Crippen molar-refractivity contribution in [3.63, 3.8) is 0 Å². The maximum absolute atomic E-state index is 10.4. The van der Waals surface area contributed by atoms with Crippen LogP contribution in [-0.4, -0.2) is 11.7 Å². The highest BCUT2D eigenvalue weighted by Gasteiger charge is 2.25. The number of hydrazone groups is 1. The molecule has 0 atom stereocenters. The molecule has 0 fully saturated rings. The third-order valence-electron chi connectivity index (χ3n) is 2.19. The Morgan fingerprint density at radius 2 is 2.31 bits per heavy atom. The average Bonchev–Trinajstić information content (AvgIpc) is 2.01. The summed E-state index contributed by atoms with van der Waals surface area (Å²) in [6, 6.07) is -0.613. The molecule has 0 aromatic rings. The number of rotatable bonds is 1. The van der Waals surface area contributed by atoms with E-state index < -0.39 is 6.03 Å². The maximum atomic E-state index is 10.4. The Morgan fingerprint density at radius 3 is 2.85 bits per heavy atom. The van der Waals surface area contributed by atoms with Gasteiger partial charge in [0.2, 0.25) is 0 Å². The first-order chi connectivity index (χ1) is 6.02. The van der Waals surface area contributed by atoms with Gasteiger partial charge in [-0.05, 0) is 6.42 Å². The number of nitrogens with two attached hydrogens (primary N) is 1. The average molecular weight is 181 g/mol. The van der Waals surface area contributed by atoms with Gasteiger partial charge in [-0.1, -0.05) is 26.0 Å². The van der Waals surface area contributed by atoms with Crippen molar-refractivity contribution in [3.05, 3.63) is 12.2 Å². The minimum absolute atomic E-state index is 0.0250. The Kier molecular flexibility index (Phi) is 2.70. The van der Waals surface area contributed by atoms with E-state index in [0.717, 1.165) is 18.6 Å². The van der Waals surface area contributed by atoms with E-state index in [4.69, 9.17) is 5.73 Å². The van der Waals surface area contributed by atoms with Gasteiger partial charge in [0.15, 0.2) is 0 Å². The number of amides is 2. The molecule has 2 amide bonds. The van der Waals surface area contributed by atoms with E-state index in [1.165, 1.54) is 0 Å². The van der Waals surface area contributed by atoms with Gasteiger partial charge in [0.1, 0.15) is 0 Å². The number of urea groups is 1. The lowest BCUT2D eigenvalue weighted by molar-refractivity contribution is 0.249. The molecule has 0 spiro atoms. The molecule has 1 aliphatic carbocycles. The summed E-state index contributed by atoms with van der Waals surface area (Å²) in [6.45, 7) is 4.19. The van der Waals surface area contributed by atoms with Crippen LogP contribution in [0, 0.1) is 5.41 Å². The summed E-state index contributed by atoms with van der Waals surface area (Å²) in [5, 5.41) is 3.98. The fourth-order valence-electron chi connectivity index (χ4n) is 1.29. The van der Waals surface area contributed by atoms with Crippen LogP contribution < -0.4 is 11.2 Å². The molecular weight excluding hydrogens is 166 g/mol. The molecule has 0 saturated heterocycles. The Balaban J connectivity index is 2.72. The Bertz CT molecular complexity index is 266. The van der Waals surface area contributed by atoms with Crippen molar-refractivity contribution in [1.29, 1.82) is 0 Å². The molecule has 1 aliphatic rings. The molecule has 0 aromatic carbocycles. The molecule has 4 nitrogen and oxygen atoms in total. The molecular formula is C9H15N3O. The van der Waals surface area contributed by atoms with Gasteiger partial charge in [0.05, 0.1) is 0 Å². The summed E-state index contributed by atoms with van der Waals surface area (Å²) >= 11 is 0. The second-order valence-electron chi connectivity index (χ2n) is 3.80. The predicted octanol–water partition coefficient (Wildman–Crippen LogP) is 1.39. The largest absolute Gasteiger partial charge is 0.350 e. The van der Waals surface area contributed by atoms with Crippen molar-refractivity contribution >= 4 is 11.7 Å². The molecule has 0 aromatic heterocycles. The van der Waals surface area contributed by atoms with Crippen molar-refractivity contribution in [2.24, 2.45) is 16.3 Å². The molecule has 0 saturated carbocycles. The summed E-state index contributed by atoms with van der Waals surface area (Å²) in [4.78, 5) is 10.4. The zero-order valence-electron chi connectivity index (χ0n) is 8.00. The molecule has 13 heavy (non-hydrogen) atoms. The zero-order valence-corrected chi connectivity index (χ0v) is 8.00. The van der Waals surface area contributed by atoms with Gasteiger partial charge >= 0.3 is 6.03 Å². The van der Waals surface area contributed by atoms with E-state index in [9.17, 15) is 4.79 Å². The molecule has 0 aliphatic heterocycles. The number of carbonyl (C=O) groups is 1. The van der Waals surface area contributed by atoms with E-state index in [2.05, 4.69) is 30.5 Å². The quantitative estimate of drug-likeness (QED) is 0.466. The van der Waals surface area contributed by atoms with Crippen LogP contribution in [0.2, 0.25) is 0 Å². The molecule has 0 radical (unpaired) electrons. The van der Waals surface area contributed by atoms with E-state index in [1.54, 1.807) is 0 Å². The van der Waals surface area contributed by atoms with Gasteiger partial charge in [0, 0.05) is 17.5 Å². The van der Waals surface area contributed by atoms with E-state index in [0.29, 0.717) is 0 Å². The lowest BCUT2D eigenvalue weighted by atomic mass is 9.79. The standard InChI is InChI=1S/C9H15N3O/c1-9(2)6-4-3-5-7(9)11-12-8(10)13/h3-4H,5-6H2,1-2H3,(H3,10,12,13)/b11-7+. The van der Waals surface area contributed by atoms with Crippen LogP contribution in [0.1, 0.15) is 26.7 Å². The molecule has 72 valence electrons. The van der Waals surface area contributed by atoms with Gasteiger partial charge in [-0.25, -0.2) is 10.2 Å². The first-order valence-corrected chi connectivity index (χ1v) is 4.30. The van der Waals surface area contributed by atoms with Crippen molar-refractivity contribution in [3.8, 4) is 0 Å². The number of hydrogen-bond donors (Lipinski definition) is 2. The molecule has 0 bridgehead atoms. The maximum Gasteiger partial charge on any atom is 0.332 e. The number of carbonyl (C=O) groups excluding carboxylic acids is 1. The topological polar surface area (TPSA) is 67.5 Å². The Morgan fingerprint density at radius 1 is 1.62 bits per heavy atom. The summed E-state index contributed by atoms with van der Waals surface area (Å²) in [7, 11) is 0. The lowest BCUT2D eigenvalue weighted by Crippen LogP contribution is -2.31. The second-order valence-corrected chi connectivity index (χ2v) is 3.80. The molecule has 0 heterocycles. The van der Waals surface area contributed by atoms with Crippen LogP contribution in [0.25, 0.3) is 0 Å². The summed E-state index contributed by atoms with van der Waals surface area (Å²) in [6.07, 6.45) is 5.91. The second kappa shape index (κ2) is 3.60. The van der Waals surface area contributed by atoms with Gasteiger partial charge in [0.25, 0.3) is 0 Å². The van der Waals surface area contributed by atoms with Gasteiger partial charge < -0.3 is 5.73 Å². The Hall–Kier alpha value is -1.32. The number of primary amides is 1. The first kappa shape index (κ1) is 9.77. The van der Waals surface area contributed by atoms with E-state index in [-0.39, 0.29) is 5.41 Å². The van der Waals surface area contributed by atoms with Gasteiger partial charge in [-0.2, -0.15) is 5.10 Å². The minimum Gasteiger partial charge on any atom is -0.350 e. The minimum atomic E-state index is -0.613. The van der Waals surface area contributed by atoms with Crippen LogP contribution >= 0.6 is 0 Å². The van der Waals surface area contributed by atoms with Crippen molar-refractivity contribution < 1.29 is 4.79 Å². The van der Waals surface area contributed by atoms with Crippen LogP contribution in [0.4, 0.5) is 4.79 Å². The third-order valence-corrected chi connectivity index (χ3v) is 2.19. The predicted molar refractivity (Wildman–Crippen MR) is 52.3 cm³/mol. The smallest absolute Gasteiger partial charge is 0.332 e. The lowest BCUT2D eigenvalue weighted by Gasteiger charge is -2.27. The van der Waals surface area contributed by atoms with Crippen LogP contribution in [-0.2, 0) is 0 Å². The van der Waals surface area contributed by atoms with Crippen LogP contribution in [0.15, 0.2) is 17.3 Å². The zero-order chi connectivity index (χ0) is 9.90. The van der Waals surface area contributed by atoms with Gasteiger partial charge in [-0.3, -0.25) is 0 Å². The number of nitrogens with zero attached hydrogens (tertiary/aromatic N) is 1. The third kappa shape index (κ3) is 2.57. The first-order valence-electron chi connectivity index (χ1n) is 4.30. The SMILES string of the molecule is CC1(C)CC=CC/C1=N\NC(N)=O. The Labute approximate surface area is 77.9 Å². The monoisotopic (exact) mass is 181 g/mol. The molecule has 4 heteroatoms. The van der Waals surface area contributed by atoms with E-state index in [1.807, 2.05) is 6.08 Å². The summed E-state index contributed by atoms with van der Waals surface area (Å²) in [5.41, 5.74) is 8.18. The number of hydrogen-bond acceptors (Lipinski definition) is 2. The molecule has 1 rings (SSSR count). The van der Waals surface area contributed by atoms with Crippen LogP contribution in [0.3, 0.4) is 0 Å². The van der Waals surface area contributed by atoms with Crippen molar-refractivity contribution in [1.82, 2.24) is 5.43 Å². The normalized spacial score (nSPS) is 23.1. The number of nitrogens with one attached hydrogen (secondary N) is 1. The fraction of sp³-hybridized carbons (Fsp3) is 0.556. The fourth-order valence-corrected chi connectivity index (χ4v) is 1.29. The highest BCUT2D eigenvalue weighted by molar-refractivity contribution is 5.92. The highest BCUT2D eigenvalue weighted by atomic mass is 16.2. The summed E-state index contributed by atoms with van der Waals surface area (Å²) < 4.78 is 0. The molecule has 0 unspecified atom stereocenters. The van der Waals surface area contributed by atoms with Gasteiger partial charge in [-0.15, -0.1) is 0 Å².